The van der Waals surface area contributed by atoms with Crippen LogP contribution in [0.5, 0.6) is 0 Å². The second-order valence-corrected chi connectivity index (χ2v) is 14.9. The molecule has 1 amide bonds. The molecule has 0 aliphatic rings. The molecule has 0 aliphatic heterocycles. The van der Waals surface area contributed by atoms with Crippen LogP contribution in [0.25, 0.3) is 0 Å². The highest BCUT2D eigenvalue weighted by Crippen LogP contribution is 2.34. The van der Waals surface area contributed by atoms with Crippen LogP contribution in [0.3, 0.4) is 0 Å². The Hall–Kier alpha value is -2.71. The van der Waals surface area contributed by atoms with E-state index in [1.165, 1.54) is 22.2 Å². The fraction of sp³-hybridized carbons (Fsp3) is 0.269. The Bertz CT molecular complexity index is 1190. The molecule has 0 heterocycles. The topological polar surface area (TPSA) is 20.3 Å². The third-order valence-corrected chi connectivity index (χ3v) is 7.99. The van der Waals surface area contributed by atoms with E-state index in [0.29, 0.717) is 18.6 Å². The van der Waals surface area contributed by atoms with Gasteiger partial charge >= 0.3 is 6.18 Å². The lowest BCUT2D eigenvalue weighted by molar-refractivity contribution is -0.137. The second kappa shape index (κ2) is 10.5. The molecule has 0 fully saturated rings. The maximum atomic E-state index is 14.7. The Morgan fingerprint density at radius 2 is 1.49 bits per heavy atom. The zero-order chi connectivity index (χ0) is 26.0. The second-order valence-electron chi connectivity index (χ2n) is 9.37. The predicted molar refractivity (Wildman–Crippen MR) is 131 cm³/mol. The van der Waals surface area contributed by atoms with Gasteiger partial charge in [0.1, 0.15) is 5.82 Å². The number of amides is 1. The van der Waals surface area contributed by atoms with E-state index in [2.05, 4.69) is 19.6 Å². The molecular formula is C26H25ClF5NOSi. The highest BCUT2D eigenvalue weighted by molar-refractivity contribution is 6.88. The van der Waals surface area contributed by atoms with Crippen molar-refractivity contribution in [3.05, 3.63) is 99.6 Å². The average Bonchev–Trinajstić information content (AvgIpc) is 2.78. The van der Waals surface area contributed by atoms with Gasteiger partial charge in [0.15, 0.2) is 5.82 Å². The minimum absolute atomic E-state index is 0.0549. The van der Waals surface area contributed by atoms with Crippen LogP contribution in [0.2, 0.25) is 24.7 Å². The fourth-order valence-corrected chi connectivity index (χ4v) is 4.96. The van der Waals surface area contributed by atoms with Crippen LogP contribution in [-0.4, -0.2) is 25.4 Å². The molecule has 0 aromatic heterocycles. The molecule has 3 aromatic rings. The largest absolute Gasteiger partial charge is 0.416 e. The van der Waals surface area contributed by atoms with Gasteiger partial charge in [-0.1, -0.05) is 72.8 Å². The monoisotopic (exact) mass is 525 g/mol. The predicted octanol–water partition coefficient (Wildman–Crippen LogP) is 7.07. The lowest BCUT2D eigenvalue weighted by Crippen LogP contribution is -2.37. The lowest BCUT2D eigenvalue weighted by Gasteiger charge is -2.25. The molecule has 0 unspecified atom stereocenters. The van der Waals surface area contributed by atoms with Crippen molar-refractivity contribution in [3.8, 4) is 0 Å². The zero-order valence-electron chi connectivity index (χ0n) is 19.5. The summed E-state index contributed by atoms with van der Waals surface area (Å²) in [6, 6.07) is 14.3. The van der Waals surface area contributed by atoms with E-state index in [1.54, 1.807) is 12.1 Å². The fourth-order valence-electron chi connectivity index (χ4n) is 3.58. The van der Waals surface area contributed by atoms with Crippen molar-refractivity contribution >= 4 is 30.8 Å². The number of rotatable bonds is 7. The van der Waals surface area contributed by atoms with Gasteiger partial charge in [-0.2, -0.15) is 13.2 Å². The maximum Gasteiger partial charge on any atom is 0.416 e. The van der Waals surface area contributed by atoms with Crippen LogP contribution in [0, 0.1) is 11.6 Å². The van der Waals surface area contributed by atoms with E-state index in [9.17, 15) is 26.7 Å². The van der Waals surface area contributed by atoms with Crippen molar-refractivity contribution < 1.29 is 26.7 Å². The number of hydrogen-bond acceptors (Lipinski definition) is 1. The van der Waals surface area contributed by atoms with Gasteiger partial charge in [0.2, 0.25) is 0 Å². The Kier molecular flexibility index (Phi) is 8.06. The number of carbonyl (C=O) groups excluding carboxylic acids is 1. The summed E-state index contributed by atoms with van der Waals surface area (Å²) in [4.78, 5) is 14.6. The van der Waals surface area contributed by atoms with Gasteiger partial charge in [0.05, 0.1) is 24.2 Å². The third-order valence-electron chi connectivity index (χ3n) is 5.65. The summed E-state index contributed by atoms with van der Waals surface area (Å²) in [5.41, 5.74) is -0.480. The average molecular weight is 526 g/mol. The summed E-state index contributed by atoms with van der Waals surface area (Å²) in [6.07, 6.45) is -4.49. The first-order valence-electron chi connectivity index (χ1n) is 10.9. The van der Waals surface area contributed by atoms with Gasteiger partial charge in [-0.05, 0) is 41.8 Å². The molecule has 0 bridgehead atoms. The summed E-state index contributed by atoms with van der Waals surface area (Å²) in [5.74, 6) is -2.53. The molecule has 0 saturated carbocycles. The molecule has 0 spiro atoms. The maximum absolute atomic E-state index is 14.7. The number of alkyl halides is 3. The highest BCUT2D eigenvalue weighted by atomic mass is 35.5. The lowest BCUT2D eigenvalue weighted by atomic mass is 10.1. The standard InChI is InChI=1S/C26H25ClF5NOSi/c1-35(2,3)21-10-6-18(7-11-21)16-33(13-12-17-4-8-20(28)9-5-17)25(34)22-14-19(26(30,31)32)15-23(27)24(22)29/h4-11,14-15H,12-13,16H2,1-3H3. The Labute approximate surface area is 207 Å². The van der Waals surface area contributed by atoms with E-state index in [4.69, 9.17) is 11.6 Å². The normalized spacial score (nSPS) is 12.0. The molecule has 3 aromatic carbocycles. The first-order chi connectivity index (χ1) is 16.3. The molecule has 0 saturated heterocycles. The van der Waals surface area contributed by atoms with Gasteiger partial charge in [-0.15, -0.1) is 0 Å². The molecule has 186 valence electrons. The van der Waals surface area contributed by atoms with Crippen molar-refractivity contribution in [2.24, 2.45) is 0 Å². The smallest absolute Gasteiger partial charge is 0.334 e. The summed E-state index contributed by atoms with van der Waals surface area (Å²) >= 11 is 5.70. The highest BCUT2D eigenvalue weighted by Gasteiger charge is 2.34. The zero-order valence-corrected chi connectivity index (χ0v) is 21.3. The van der Waals surface area contributed by atoms with E-state index < -0.39 is 47.9 Å². The molecule has 3 rings (SSSR count). The summed E-state index contributed by atoms with van der Waals surface area (Å²) in [7, 11) is -1.55. The van der Waals surface area contributed by atoms with Crippen LogP contribution in [0.4, 0.5) is 22.0 Å². The van der Waals surface area contributed by atoms with Gasteiger partial charge in [0.25, 0.3) is 5.91 Å². The van der Waals surface area contributed by atoms with Crippen molar-refractivity contribution in [2.45, 2.75) is 38.8 Å². The molecule has 35 heavy (non-hydrogen) atoms. The van der Waals surface area contributed by atoms with Gasteiger partial charge in [-0.3, -0.25) is 4.79 Å². The van der Waals surface area contributed by atoms with E-state index >= 15 is 0 Å². The van der Waals surface area contributed by atoms with E-state index in [-0.39, 0.29) is 13.1 Å². The number of carbonyl (C=O) groups is 1. The number of hydrogen-bond donors (Lipinski definition) is 0. The van der Waals surface area contributed by atoms with Crippen molar-refractivity contribution in [1.29, 1.82) is 0 Å². The van der Waals surface area contributed by atoms with Crippen LogP contribution in [0.15, 0.2) is 60.7 Å². The SMILES string of the molecule is C[Si](C)(C)c1ccc(CN(CCc2ccc(F)cc2)C(=O)c2cc(C(F)(F)F)cc(Cl)c2F)cc1. The van der Waals surface area contributed by atoms with Gasteiger partial charge in [-0.25, -0.2) is 8.78 Å². The van der Waals surface area contributed by atoms with E-state index in [0.717, 1.165) is 11.1 Å². The summed E-state index contributed by atoms with van der Waals surface area (Å²) in [6.45, 7) is 6.72. The molecule has 0 N–H and O–H groups in total. The van der Waals surface area contributed by atoms with Crippen LogP contribution in [0.1, 0.15) is 27.0 Å². The molecular weight excluding hydrogens is 501 g/mol. The first kappa shape index (κ1) is 26.9. The number of benzene rings is 3. The van der Waals surface area contributed by atoms with Gasteiger partial charge in [0, 0.05) is 13.1 Å². The van der Waals surface area contributed by atoms with E-state index in [1.807, 2.05) is 24.3 Å². The number of nitrogens with zero attached hydrogens (tertiary/aromatic N) is 1. The van der Waals surface area contributed by atoms with Gasteiger partial charge < -0.3 is 4.90 Å². The first-order valence-corrected chi connectivity index (χ1v) is 14.8. The van der Waals surface area contributed by atoms with Crippen molar-refractivity contribution in [1.82, 2.24) is 4.90 Å². The minimum Gasteiger partial charge on any atom is -0.334 e. The summed E-state index contributed by atoms with van der Waals surface area (Å²) < 4.78 is 67.9. The van der Waals surface area contributed by atoms with Crippen molar-refractivity contribution in [3.63, 3.8) is 0 Å². The molecule has 0 aliphatic carbocycles. The molecule has 0 radical (unpaired) electrons. The Morgan fingerprint density at radius 3 is 2.03 bits per heavy atom. The van der Waals surface area contributed by atoms with Crippen LogP contribution in [-0.2, 0) is 19.1 Å². The van der Waals surface area contributed by atoms with Crippen LogP contribution >= 0.6 is 11.6 Å². The Balaban J connectivity index is 1.95. The number of halogens is 6. The molecule has 0 atom stereocenters. The van der Waals surface area contributed by atoms with Crippen molar-refractivity contribution in [2.75, 3.05) is 6.54 Å². The quantitative estimate of drug-likeness (QED) is 0.239. The summed E-state index contributed by atoms with van der Waals surface area (Å²) in [5, 5.41) is 0.433. The third kappa shape index (κ3) is 6.92. The van der Waals surface area contributed by atoms with Crippen LogP contribution < -0.4 is 5.19 Å². The molecule has 2 nitrogen and oxygen atoms in total. The minimum atomic E-state index is -4.79. The Morgan fingerprint density at radius 1 is 0.914 bits per heavy atom. The molecule has 9 heteroatoms.